The highest BCUT2D eigenvalue weighted by molar-refractivity contribution is 7.89. The van der Waals surface area contributed by atoms with E-state index >= 15 is 0 Å². The van der Waals surface area contributed by atoms with Gasteiger partial charge in [-0.25, -0.2) is 8.42 Å². The topological polar surface area (TPSA) is 103 Å². The van der Waals surface area contributed by atoms with Gasteiger partial charge in [0.15, 0.2) is 0 Å². The zero-order valence-electron chi connectivity index (χ0n) is 17.7. The van der Waals surface area contributed by atoms with Crippen LogP contribution in [0.4, 0.5) is 5.69 Å². The van der Waals surface area contributed by atoms with Crippen LogP contribution in [-0.2, 0) is 26.0 Å². The highest BCUT2D eigenvalue weighted by Crippen LogP contribution is 2.30. The van der Waals surface area contributed by atoms with Gasteiger partial charge >= 0.3 is 0 Å². The SMILES string of the molecule is COc1ccc(NC(=O)Cc2ccc(OC)c(S(=O)(=O)N3CCOCC3)c2)c(OC)c1. The lowest BCUT2D eigenvalue weighted by Gasteiger charge is -2.26. The third kappa shape index (κ3) is 5.27. The number of amides is 1. The predicted octanol–water partition coefficient (Wildman–Crippen LogP) is 1.91. The van der Waals surface area contributed by atoms with Gasteiger partial charge in [0, 0.05) is 19.2 Å². The molecular formula is C21H26N2O7S. The van der Waals surface area contributed by atoms with E-state index in [1.807, 2.05) is 0 Å². The van der Waals surface area contributed by atoms with E-state index in [1.165, 1.54) is 24.6 Å². The molecule has 0 bridgehead atoms. The molecule has 3 rings (SSSR count). The Bertz CT molecular complexity index is 1030. The number of carbonyl (C=O) groups is 1. The summed E-state index contributed by atoms with van der Waals surface area (Å²) in [6, 6.07) is 9.76. The molecule has 1 aliphatic heterocycles. The van der Waals surface area contributed by atoms with E-state index in [2.05, 4.69) is 5.32 Å². The first-order valence-electron chi connectivity index (χ1n) is 9.65. The first-order chi connectivity index (χ1) is 14.9. The lowest BCUT2D eigenvalue weighted by Crippen LogP contribution is -2.40. The summed E-state index contributed by atoms with van der Waals surface area (Å²) in [5.41, 5.74) is 1.03. The second-order valence-corrected chi connectivity index (χ2v) is 8.70. The molecule has 168 valence electrons. The zero-order chi connectivity index (χ0) is 22.4. The van der Waals surface area contributed by atoms with Crippen molar-refractivity contribution in [2.24, 2.45) is 0 Å². The molecule has 0 radical (unpaired) electrons. The summed E-state index contributed by atoms with van der Waals surface area (Å²) >= 11 is 0. The number of carbonyl (C=O) groups excluding carboxylic acids is 1. The van der Waals surface area contributed by atoms with Gasteiger partial charge in [-0.1, -0.05) is 6.07 Å². The van der Waals surface area contributed by atoms with Gasteiger partial charge in [-0.2, -0.15) is 4.31 Å². The third-order valence-corrected chi connectivity index (χ3v) is 6.78. The van der Waals surface area contributed by atoms with Crippen molar-refractivity contribution in [3.05, 3.63) is 42.0 Å². The lowest BCUT2D eigenvalue weighted by atomic mass is 10.1. The maximum atomic E-state index is 13.1. The van der Waals surface area contributed by atoms with Crippen LogP contribution in [0.2, 0.25) is 0 Å². The van der Waals surface area contributed by atoms with Gasteiger partial charge in [-0.15, -0.1) is 0 Å². The van der Waals surface area contributed by atoms with Gasteiger partial charge < -0.3 is 24.3 Å². The van der Waals surface area contributed by atoms with E-state index in [1.54, 1.807) is 37.4 Å². The van der Waals surface area contributed by atoms with Crippen LogP contribution in [0, 0.1) is 0 Å². The molecule has 1 amide bonds. The minimum Gasteiger partial charge on any atom is -0.497 e. The third-order valence-electron chi connectivity index (χ3n) is 4.86. The summed E-state index contributed by atoms with van der Waals surface area (Å²) in [4.78, 5) is 12.6. The molecule has 0 unspecified atom stereocenters. The maximum Gasteiger partial charge on any atom is 0.246 e. The molecular weight excluding hydrogens is 424 g/mol. The number of nitrogens with zero attached hydrogens (tertiary/aromatic N) is 1. The van der Waals surface area contributed by atoms with E-state index in [0.29, 0.717) is 36.0 Å². The molecule has 2 aromatic rings. The van der Waals surface area contributed by atoms with E-state index in [0.717, 1.165) is 0 Å². The number of sulfonamides is 1. The van der Waals surface area contributed by atoms with Gasteiger partial charge in [-0.05, 0) is 29.8 Å². The number of rotatable bonds is 8. The fraction of sp³-hybridized carbons (Fsp3) is 0.381. The van der Waals surface area contributed by atoms with E-state index in [-0.39, 0.29) is 36.1 Å². The van der Waals surface area contributed by atoms with Crippen molar-refractivity contribution in [2.45, 2.75) is 11.3 Å². The summed E-state index contributed by atoms with van der Waals surface area (Å²) in [5.74, 6) is 0.969. The predicted molar refractivity (Wildman–Crippen MR) is 114 cm³/mol. The van der Waals surface area contributed by atoms with Crippen LogP contribution in [0.3, 0.4) is 0 Å². The molecule has 0 spiro atoms. The Morgan fingerprint density at radius 3 is 2.35 bits per heavy atom. The van der Waals surface area contributed by atoms with Crippen LogP contribution in [0.25, 0.3) is 0 Å². The van der Waals surface area contributed by atoms with Crippen LogP contribution in [-0.4, -0.2) is 66.3 Å². The molecule has 31 heavy (non-hydrogen) atoms. The van der Waals surface area contributed by atoms with Crippen LogP contribution in [0.1, 0.15) is 5.56 Å². The van der Waals surface area contributed by atoms with Crippen molar-refractivity contribution < 1.29 is 32.2 Å². The minimum absolute atomic E-state index is 0.0230. The number of methoxy groups -OCH3 is 3. The van der Waals surface area contributed by atoms with Crippen molar-refractivity contribution in [2.75, 3.05) is 52.9 Å². The van der Waals surface area contributed by atoms with Gasteiger partial charge in [-0.3, -0.25) is 4.79 Å². The van der Waals surface area contributed by atoms with Crippen molar-refractivity contribution in [3.63, 3.8) is 0 Å². The lowest BCUT2D eigenvalue weighted by molar-refractivity contribution is -0.115. The second kappa shape index (κ2) is 9.99. The molecule has 1 saturated heterocycles. The average Bonchev–Trinajstić information content (AvgIpc) is 2.79. The maximum absolute atomic E-state index is 13.1. The first kappa shape index (κ1) is 22.9. The van der Waals surface area contributed by atoms with Gasteiger partial charge in [0.25, 0.3) is 0 Å². The Hall–Kier alpha value is -2.82. The molecule has 0 saturated carbocycles. The van der Waals surface area contributed by atoms with Crippen LogP contribution in [0.5, 0.6) is 17.2 Å². The quantitative estimate of drug-likeness (QED) is 0.655. The Morgan fingerprint density at radius 1 is 1.00 bits per heavy atom. The summed E-state index contributed by atoms with van der Waals surface area (Å²) < 4.78 is 48.5. The van der Waals surface area contributed by atoms with Gasteiger partial charge in [0.05, 0.1) is 46.7 Å². The highest BCUT2D eigenvalue weighted by Gasteiger charge is 2.29. The van der Waals surface area contributed by atoms with Gasteiger partial charge in [0.2, 0.25) is 15.9 Å². The molecule has 1 fully saturated rings. The molecule has 0 atom stereocenters. The molecule has 0 aliphatic carbocycles. The standard InChI is InChI=1S/C21H26N2O7S/c1-27-16-5-6-17(19(14-16)29-3)22-21(24)13-15-4-7-18(28-2)20(12-15)31(25,26)23-8-10-30-11-9-23/h4-7,12,14H,8-11,13H2,1-3H3,(H,22,24). The number of benzene rings is 2. The van der Waals surface area contributed by atoms with E-state index in [9.17, 15) is 13.2 Å². The summed E-state index contributed by atoms with van der Waals surface area (Å²) in [6.07, 6.45) is -0.0230. The van der Waals surface area contributed by atoms with Crippen molar-refractivity contribution in [1.82, 2.24) is 4.31 Å². The zero-order valence-corrected chi connectivity index (χ0v) is 18.5. The smallest absolute Gasteiger partial charge is 0.246 e. The molecule has 2 aromatic carbocycles. The molecule has 10 heteroatoms. The number of hydrogen-bond acceptors (Lipinski definition) is 7. The number of anilines is 1. The van der Waals surface area contributed by atoms with Crippen molar-refractivity contribution in [3.8, 4) is 17.2 Å². The Kier molecular flexibility index (Phi) is 7.37. The van der Waals surface area contributed by atoms with Gasteiger partial charge in [0.1, 0.15) is 22.1 Å². The molecule has 1 aliphatic rings. The molecule has 1 heterocycles. The summed E-state index contributed by atoms with van der Waals surface area (Å²) in [7, 11) is 0.673. The molecule has 1 N–H and O–H groups in total. The van der Waals surface area contributed by atoms with Crippen LogP contribution in [0.15, 0.2) is 41.3 Å². The van der Waals surface area contributed by atoms with Crippen LogP contribution >= 0.6 is 0 Å². The largest absolute Gasteiger partial charge is 0.497 e. The number of morpholine rings is 1. The van der Waals surface area contributed by atoms with Crippen LogP contribution < -0.4 is 19.5 Å². The van der Waals surface area contributed by atoms with E-state index < -0.39 is 10.0 Å². The highest BCUT2D eigenvalue weighted by atomic mass is 32.2. The molecule has 0 aromatic heterocycles. The number of hydrogen-bond donors (Lipinski definition) is 1. The number of ether oxygens (including phenoxy) is 4. The Balaban J connectivity index is 1.81. The van der Waals surface area contributed by atoms with Crippen molar-refractivity contribution >= 4 is 21.6 Å². The minimum atomic E-state index is -3.78. The number of nitrogens with one attached hydrogen (secondary N) is 1. The average molecular weight is 451 g/mol. The van der Waals surface area contributed by atoms with E-state index in [4.69, 9.17) is 18.9 Å². The Morgan fingerprint density at radius 2 is 1.71 bits per heavy atom. The second-order valence-electron chi connectivity index (χ2n) is 6.79. The fourth-order valence-corrected chi connectivity index (χ4v) is 4.85. The monoisotopic (exact) mass is 450 g/mol. The Labute approximate surface area is 181 Å². The molecule has 9 nitrogen and oxygen atoms in total. The summed E-state index contributed by atoms with van der Waals surface area (Å²) in [5, 5.41) is 2.78. The first-order valence-corrected chi connectivity index (χ1v) is 11.1. The summed E-state index contributed by atoms with van der Waals surface area (Å²) in [6.45, 7) is 1.22. The van der Waals surface area contributed by atoms with Crippen molar-refractivity contribution in [1.29, 1.82) is 0 Å². The normalized spacial score (nSPS) is 14.7. The fourth-order valence-electron chi connectivity index (χ4n) is 3.24.